The molecule has 5 heteroatoms. The summed E-state index contributed by atoms with van der Waals surface area (Å²) in [5.41, 5.74) is -0.452. The number of nitrogens with zero attached hydrogens (tertiary/aromatic N) is 2. The van der Waals surface area contributed by atoms with Crippen LogP contribution in [0, 0.1) is 5.41 Å². The highest BCUT2D eigenvalue weighted by molar-refractivity contribution is 5.77. The van der Waals surface area contributed by atoms with Crippen molar-refractivity contribution in [2.75, 3.05) is 13.1 Å². The summed E-state index contributed by atoms with van der Waals surface area (Å²) in [7, 11) is 0. The van der Waals surface area contributed by atoms with Crippen LogP contribution in [0.3, 0.4) is 0 Å². The zero-order valence-corrected chi connectivity index (χ0v) is 12.4. The fourth-order valence-corrected chi connectivity index (χ4v) is 2.21. The van der Waals surface area contributed by atoms with E-state index in [2.05, 4.69) is 6.58 Å². The monoisotopic (exact) mass is 267 g/mol. The molecule has 1 saturated heterocycles. The van der Waals surface area contributed by atoms with Crippen LogP contribution in [0.2, 0.25) is 0 Å². The van der Waals surface area contributed by atoms with E-state index in [0.717, 1.165) is 12.8 Å². The van der Waals surface area contributed by atoms with Crippen LogP contribution in [0.15, 0.2) is 12.8 Å². The lowest BCUT2D eigenvalue weighted by Crippen LogP contribution is -2.47. The van der Waals surface area contributed by atoms with Crippen LogP contribution < -0.4 is 0 Å². The molecule has 0 atom stereocenters. The molecule has 0 aromatic heterocycles. The van der Waals surface area contributed by atoms with Crippen molar-refractivity contribution in [1.29, 1.82) is 5.41 Å². The standard InChI is InChI=1S/C14H25N3O2/c1-6-17(11(2)15)12-7-9-16(10-8-12)13(18)19-14(3,4)5/h6,12,15H,1,7-10H2,2-5H3. The van der Waals surface area contributed by atoms with Crippen molar-refractivity contribution >= 4 is 11.9 Å². The number of rotatable bonds is 2. The average molecular weight is 267 g/mol. The van der Waals surface area contributed by atoms with Gasteiger partial charge in [-0.3, -0.25) is 5.41 Å². The lowest BCUT2D eigenvalue weighted by molar-refractivity contribution is 0.0183. The second-order valence-corrected chi connectivity index (χ2v) is 5.87. The lowest BCUT2D eigenvalue weighted by atomic mass is 10.0. The predicted molar refractivity (Wildman–Crippen MR) is 76.3 cm³/mol. The first-order valence-electron chi connectivity index (χ1n) is 6.68. The van der Waals surface area contributed by atoms with Crippen LogP contribution in [0.5, 0.6) is 0 Å². The highest BCUT2D eigenvalue weighted by atomic mass is 16.6. The van der Waals surface area contributed by atoms with Gasteiger partial charge in [0.1, 0.15) is 5.60 Å². The Labute approximate surface area is 115 Å². The third-order valence-corrected chi connectivity index (χ3v) is 3.09. The number of amides is 1. The van der Waals surface area contributed by atoms with Crippen LogP contribution >= 0.6 is 0 Å². The molecule has 1 amide bonds. The van der Waals surface area contributed by atoms with Crippen molar-refractivity contribution in [3.05, 3.63) is 12.8 Å². The highest BCUT2D eigenvalue weighted by Gasteiger charge is 2.28. The molecule has 0 spiro atoms. The van der Waals surface area contributed by atoms with Gasteiger partial charge in [0, 0.05) is 19.1 Å². The zero-order chi connectivity index (χ0) is 14.6. The smallest absolute Gasteiger partial charge is 0.410 e. The second kappa shape index (κ2) is 6.08. The summed E-state index contributed by atoms with van der Waals surface area (Å²) in [5.74, 6) is 0.491. The maximum Gasteiger partial charge on any atom is 0.410 e. The lowest BCUT2D eigenvalue weighted by Gasteiger charge is -2.37. The number of nitrogens with one attached hydrogen (secondary N) is 1. The second-order valence-electron chi connectivity index (χ2n) is 5.87. The highest BCUT2D eigenvalue weighted by Crippen LogP contribution is 2.19. The number of carbonyl (C=O) groups excluding carboxylic acids is 1. The molecule has 0 aromatic carbocycles. The first kappa shape index (κ1) is 15.5. The van der Waals surface area contributed by atoms with E-state index in [-0.39, 0.29) is 12.1 Å². The van der Waals surface area contributed by atoms with Gasteiger partial charge in [-0.05, 0) is 46.7 Å². The molecule has 0 bridgehead atoms. The molecule has 19 heavy (non-hydrogen) atoms. The Morgan fingerprint density at radius 3 is 2.32 bits per heavy atom. The third kappa shape index (κ3) is 4.58. The summed E-state index contributed by atoms with van der Waals surface area (Å²) in [5, 5.41) is 7.69. The van der Waals surface area contributed by atoms with Crippen molar-refractivity contribution in [2.24, 2.45) is 0 Å². The summed E-state index contributed by atoms with van der Waals surface area (Å²) in [6, 6.07) is 0.258. The third-order valence-electron chi connectivity index (χ3n) is 3.09. The number of carbonyl (C=O) groups is 1. The minimum atomic E-state index is -0.452. The van der Waals surface area contributed by atoms with E-state index in [1.807, 2.05) is 25.7 Å². The molecule has 0 aliphatic carbocycles. The Hall–Kier alpha value is -1.52. The van der Waals surface area contributed by atoms with Gasteiger partial charge in [-0.25, -0.2) is 4.79 Å². The number of likely N-dealkylation sites (tertiary alicyclic amines) is 1. The van der Waals surface area contributed by atoms with Crippen molar-refractivity contribution in [3.63, 3.8) is 0 Å². The van der Waals surface area contributed by atoms with Crippen LogP contribution in [0.1, 0.15) is 40.5 Å². The Bertz CT molecular complexity index is 352. The van der Waals surface area contributed by atoms with E-state index >= 15 is 0 Å². The number of ether oxygens (including phenoxy) is 1. The van der Waals surface area contributed by atoms with Gasteiger partial charge in [0.15, 0.2) is 0 Å². The van der Waals surface area contributed by atoms with Gasteiger partial charge >= 0.3 is 6.09 Å². The van der Waals surface area contributed by atoms with Crippen LogP contribution in [-0.4, -0.2) is 46.5 Å². The maximum absolute atomic E-state index is 11.9. The van der Waals surface area contributed by atoms with Gasteiger partial charge in [-0.2, -0.15) is 0 Å². The fourth-order valence-electron chi connectivity index (χ4n) is 2.21. The van der Waals surface area contributed by atoms with Crippen LogP contribution in [0.25, 0.3) is 0 Å². The van der Waals surface area contributed by atoms with Crippen molar-refractivity contribution in [1.82, 2.24) is 9.80 Å². The minimum absolute atomic E-state index is 0.248. The Kier molecular flexibility index (Phi) is 4.97. The SMILES string of the molecule is C=CN(C(C)=N)C1CCN(C(=O)OC(C)(C)C)CC1. The molecule has 1 fully saturated rings. The molecule has 1 aliphatic rings. The number of amidine groups is 1. The quantitative estimate of drug-likeness (QED) is 0.618. The van der Waals surface area contributed by atoms with Crippen molar-refractivity contribution < 1.29 is 9.53 Å². The Morgan fingerprint density at radius 2 is 1.95 bits per heavy atom. The normalized spacial score (nSPS) is 16.9. The molecule has 5 nitrogen and oxygen atoms in total. The summed E-state index contributed by atoms with van der Waals surface area (Å²) < 4.78 is 5.36. The molecule has 1 rings (SSSR count). The van der Waals surface area contributed by atoms with E-state index in [4.69, 9.17) is 10.1 Å². The fraction of sp³-hybridized carbons (Fsp3) is 0.714. The summed E-state index contributed by atoms with van der Waals surface area (Å²) in [6.45, 7) is 12.4. The van der Waals surface area contributed by atoms with Crippen molar-refractivity contribution in [2.45, 2.75) is 52.2 Å². The molecular formula is C14H25N3O2. The molecule has 0 radical (unpaired) electrons. The molecule has 0 aromatic rings. The molecular weight excluding hydrogens is 242 g/mol. The molecule has 1 heterocycles. The topological polar surface area (TPSA) is 56.6 Å². The first-order chi connectivity index (χ1) is 8.74. The van der Waals surface area contributed by atoms with Crippen LogP contribution in [-0.2, 0) is 4.74 Å². The van der Waals surface area contributed by atoms with Gasteiger partial charge in [-0.15, -0.1) is 0 Å². The van der Waals surface area contributed by atoms with E-state index in [1.54, 1.807) is 18.0 Å². The van der Waals surface area contributed by atoms with Gasteiger partial charge in [0.25, 0.3) is 0 Å². The number of piperidine rings is 1. The molecule has 108 valence electrons. The van der Waals surface area contributed by atoms with Crippen LogP contribution in [0.4, 0.5) is 4.79 Å². The van der Waals surface area contributed by atoms with Crippen molar-refractivity contribution in [3.8, 4) is 0 Å². The van der Waals surface area contributed by atoms with E-state index in [0.29, 0.717) is 18.9 Å². The maximum atomic E-state index is 11.9. The van der Waals surface area contributed by atoms with Gasteiger partial charge in [0.05, 0.1) is 5.84 Å². The average Bonchev–Trinajstić information content (AvgIpc) is 2.28. The minimum Gasteiger partial charge on any atom is -0.444 e. The predicted octanol–water partition coefficient (Wildman–Crippen LogP) is 2.83. The zero-order valence-electron chi connectivity index (χ0n) is 12.4. The Morgan fingerprint density at radius 1 is 1.42 bits per heavy atom. The first-order valence-corrected chi connectivity index (χ1v) is 6.68. The molecule has 1 aliphatic heterocycles. The molecule has 0 unspecified atom stereocenters. The van der Waals surface area contributed by atoms with E-state index in [9.17, 15) is 4.79 Å². The largest absolute Gasteiger partial charge is 0.444 e. The van der Waals surface area contributed by atoms with E-state index < -0.39 is 5.60 Å². The summed E-state index contributed by atoms with van der Waals surface area (Å²) >= 11 is 0. The van der Waals surface area contributed by atoms with Gasteiger partial charge in [0.2, 0.25) is 0 Å². The summed E-state index contributed by atoms with van der Waals surface area (Å²) in [6.07, 6.45) is 3.11. The number of hydrogen-bond acceptors (Lipinski definition) is 3. The summed E-state index contributed by atoms with van der Waals surface area (Å²) in [4.78, 5) is 15.5. The molecule has 0 saturated carbocycles. The molecule has 1 N–H and O–H groups in total. The van der Waals surface area contributed by atoms with E-state index in [1.165, 1.54) is 0 Å². The number of hydrogen-bond donors (Lipinski definition) is 1. The Balaban J connectivity index is 2.51. The van der Waals surface area contributed by atoms with Gasteiger partial charge < -0.3 is 14.5 Å². The van der Waals surface area contributed by atoms with Gasteiger partial charge in [-0.1, -0.05) is 6.58 Å².